The molecule has 2 aromatic rings. The molecule has 2 N–H and O–H groups in total. The zero-order valence-electron chi connectivity index (χ0n) is 9.73. The summed E-state index contributed by atoms with van der Waals surface area (Å²) in [5, 5.41) is 0.214. The number of rotatable bonds is 3. The lowest BCUT2D eigenvalue weighted by atomic mass is 10.2. The fraction of sp³-hybridized carbons (Fsp3) is 0.154. The SMILES string of the molecule is C[C@@H](N)c1ccc(Oc2ccc(F)cc2Cl)cn1. The first-order chi connectivity index (χ1) is 8.56. The van der Waals surface area contributed by atoms with Crippen LogP contribution < -0.4 is 10.5 Å². The van der Waals surface area contributed by atoms with E-state index in [0.29, 0.717) is 11.5 Å². The molecule has 5 heteroatoms. The van der Waals surface area contributed by atoms with Crippen LogP contribution in [-0.2, 0) is 0 Å². The Balaban J connectivity index is 2.18. The van der Waals surface area contributed by atoms with Gasteiger partial charge in [0.1, 0.15) is 17.3 Å². The third-order valence-electron chi connectivity index (χ3n) is 2.35. The van der Waals surface area contributed by atoms with Crippen molar-refractivity contribution in [3.8, 4) is 11.5 Å². The first kappa shape index (κ1) is 12.8. The second kappa shape index (κ2) is 5.33. The highest BCUT2D eigenvalue weighted by molar-refractivity contribution is 6.32. The van der Waals surface area contributed by atoms with Gasteiger partial charge < -0.3 is 10.5 Å². The van der Waals surface area contributed by atoms with E-state index in [0.717, 1.165) is 5.69 Å². The smallest absolute Gasteiger partial charge is 0.146 e. The lowest BCUT2D eigenvalue weighted by Crippen LogP contribution is -2.06. The average molecular weight is 267 g/mol. The van der Waals surface area contributed by atoms with Crippen LogP contribution in [0.1, 0.15) is 18.7 Å². The van der Waals surface area contributed by atoms with Gasteiger partial charge in [-0.05, 0) is 37.3 Å². The second-order valence-corrected chi connectivity index (χ2v) is 4.29. The molecule has 0 fully saturated rings. The highest BCUT2D eigenvalue weighted by Gasteiger charge is 2.06. The quantitative estimate of drug-likeness (QED) is 0.922. The molecular weight excluding hydrogens is 255 g/mol. The minimum atomic E-state index is -0.405. The number of nitrogens with two attached hydrogens (primary N) is 1. The molecule has 18 heavy (non-hydrogen) atoms. The van der Waals surface area contributed by atoms with E-state index in [1.54, 1.807) is 18.3 Å². The zero-order chi connectivity index (χ0) is 13.1. The summed E-state index contributed by atoms with van der Waals surface area (Å²) in [5.41, 5.74) is 6.46. The molecule has 1 atom stereocenters. The molecule has 1 heterocycles. The van der Waals surface area contributed by atoms with Gasteiger partial charge in [0.25, 0.3) is 0 Å². The first-order valence-electron chi connectivity index (χ1n) is 5.40. The predicted molar refractivity (Wildman–Crippen MR) is 68.3 cm³/mol. The summed E-state index contributed by atoms with van der Waals surface area (Å²) in [5.74, 6) is 0.499. The van der Waals surface area contributed by atoms with E-state index in [1.807, 2.05) is 6.92 Å². The number of hydrogen-bond acceptors (Lipinski definition) is 3. The van der Waals surface area contributed by atoms with E-state index in [2.05, 4.69) is 4.98 Å². The lowest BCUT2D eigenvalue weighted by Gasteiger charge is -2.09. The van der Waals surface area contributed by atoms with Gasteiger partial charge in [-0.15, -0.1) is 0 Å². The van der Waals surface area contributed by atoms with Gasteiger partial charge in [-0.25, -0.2) is 4.39 Å². The normalized spacial score (nSPS) is 12.2. The average Bonchev–Trinajstić information content (AvgIpc) is 2.33. The summed E-state index contributed by atoms with van der Waals surface area (Å²) in [6, 6.07) is 7.33. The van der Waals surface area contributed by atoms with Crippen molar-refractivity contribution in [1.29, 1.82) is 0 Å². The number of pyridine rings is 1. The number of nitrogens with zero attached hydrogens (tertiary/aromatic N) is 1. The van der Waals surface area contributed by atoms with Gasteiger partial charge in [-0.2, -0.15) is 0 Å². The second-order valence-electron chi connectivity index (χ2n) is 3.88. The van der Waals surface area contributed by atoms with Crippen LogP contribution in [0.5, 0.6) is 11.5 Å². The van der Waals surface area contributed by atoms with Crippen molar-refractivity contribution in [3.63, 3.8) is 0 Å². The molecule has 0 saturated carbocycles. The number of hydrogen-bond donors (Lipinski definition) is 1. The van der Waals surface area contributed by atoms with Crippen molar-refractivity contribution in [2.75, 3.05) is 0 Å². The summed E-state index contributed by atoms with van der Waals surface area (Å²) in [7, 11) is 0. The van der Waals surface area contributed by atoms with Crippen LogP contribution in [0.3, 0.4) is 0 Å². The highest BCUT2D eigenvalue weighted by Crippen LogP contribution is 2.29. The summed E-state index contributed by atoms with van der Waals surface area (Å²) >= 11 is 5.86. The van der Waals surface area contributed by atoms with E-state index in [4.69, 9.17) is 22.1 Å². The van der Waals surface area contributed by atoms with E-state index in [9.17, 15) is 4.39 Å². The summed E-state index contributed by atoms with van der Waals surface area (Å²) in [6.07, 6.45) is 1.55. The van der Waals surface area contributed by atoms with Crippen LogP contribution >= 0.6 is 11.6 Å². The van der Waals surface area contributed by atoms with Gasteiger partial charge in [0.2, 0.25) is 0 Å². The van der Waals surface area contributed by atoms with Gasteiger partial charge in [0.15, 0.2) is 0 Å². The van der Waals surface area contributed by atoms with Crippen molar-refractivity contribution in [2.24, 2.45) is 5.73 Å². The maximum atomic E-state index is 12.9. The Morgan fingerprint density at radius 2 is 2.11 bits per heavy atom. The van der Waals surface area contributed by atoms with Gasteiger partial charge in [-0.1, -0.05) is 11.6 Å². The Kier molecular flexibility index (Phi) is 3.79. The molecule has 94 valence electrons. The Bertz CT molecular complexity index is 543. The molecule has 0 aliphatic heterocycles. The highest BCUT2D eigenvalue weighted by atomic mass is 35.5. The topological polar surface area (TPSA) is 48.1 Å². The van der Waals surface area contributed by atoms with Crippen molar-refractivity contribution in [1.82, 2.24) is 4.98 Å². The predicted octanol–water partition coefficient (Wildman–Crippen LogP) is 3.69. The fourth-order valence-electron chi connectivity index (χ4n) is 1.41. The molecule has 0 radical (unpaired) electrons. The third-order valence-corrected chi connectivity index (χ3v) is 2.64. The molecule has 0 bridgehead atoms. The van der Waals surface area contributed by atoms with Gasteiger partial charge >= 0.3 is 0 Å². The van der Waals surface area contributed by atoms with Gasteiger partial charge in [0, 0.05) is 6.04 Å². The monoisotopic (exact) mass is 266 g/mol. The van der Waals surface area contributed by atoms with Crippen molar-refractivity contribution in [3.05, 3.63) is 53.1 Å². The number of ether oxygens (including phenoxy) is 1. The van der Waals surface area contributed by atoms with Crippen LogP contribution in [0.25, 0.3) is 0 Å². The van der Waals surface area contributed by atoms with Crippen LogP contribution in [0.15, 0.2) is 36.5 Å². The fourth-order valence-corrected chi connectivity index (χ4v) is 1.61. The molecule has 0 aliphatic carbocycles. The van der Waals surface area contributed by atoms with Crippen LogP contribution in [-0.4, -0.2) is 4.98 Å². The molecule has 2 rings (SSSR count). The lowest BCUT2D eigenvalue weighted by molar-refractivity contribution is 0.477. The number of aromatic nitrogens is 1. The molecule has 3 nitrogen and oxygen atoms in total. The Hall–Kier alpha value is -1.65. The maximum Gasteiger partial charge on any atom is 0.146 e. The molecule has 1 aromatic carbocycles. The maximum absolute atomic E-state index is 12.9. The number of halogens is 2. The molecule has 0 aliphatic rings. The number of benzene rings is 1. The third kappa shape index (κ3) is 2.97. The van der Waals surface area contributed by atoms with Crippen LogP contribution in [0, 0.1) is 5.82 Å². The summed E-state index contributed by atoms with van der Waals surface area (Å²) in [6.45, 7) is 1.85. The Morgan fingerprint density at radius 3 is 2.67 bits per heavy atom. The molecule has 0 saturated heterocycles. The molecule has 1 aromatic heterocycles. The molecule has 0 unspecified atom stereocenters. The van der Waals surface area contributed by atoms with E-state index < -0.39 is 5.82 Å². The van der Waals surface area contributed by atoms with Crippen molar-refractivity contribution in [2.45, 2.75) is 13.0 Å². The van der Waals surface area contributed by atoms with Crippen molar-refractivity contribution < 1.29 is 9.13 Å². The van der Waals surface area contributed by atoms with Crippen LogP contribution in [0.4, 0.5) is 4.39 Å². The largest absolute Gasteiger partial charge is 0.454 e. The van der Waals surface area contributed by atoms with Crippen LogP contribution in [0.2, 0.25) is 5.02 Å². The van der Waals surface area contributed by atoms with E-state index in [-0.39, 0.29) is 11.1 Å². The Labute approximate surface area is 109 Å². The molecular formula is C13H12ClFN2O. The summed E-state index contributed by atoms with van der Waals surface area (Å²) in [4.78, 5) is 4.15. The van der Waals surface area contributed by atoms with Gasteiger partial charge in [-0.3, -0.25) is 4.98 Å². The minimum absolute atomic E-state index is 0.131. The van der Waals surface area contributed by atoms with Crippen molar-refractivity contribution >= 4 is 11.6 Å². The molecule has 0 spiro atoms. The van der Waals surface area contributed by atoms with Gasteiger partial charge in [0.05, 0.1) is 16.9 Å². The standard InChI is InChI=1S/C13H12ClFN2O/c1-8(16)12-4-3-10(7-17-12)18-13-5-2-9(15)6-11(13)14/h2-8H,16H2,1H3/t8-/m1/s1. The molecule has 0 amide bonds. The summed E-state index contributed by atoms with van der Waals surface area (Å²) < 4.78 is 18.4. The van der Waals surface area contributed by atoms with E-state index >= 15 is 0 Å². The zero-order valence-corrected chi connectivity index (χ0v) is 10.5. The van der Waals surface area contributed by atoms with E-state index in [1.165, 1.54) is 18.2 Å². The minimum Gasteiger partial charge on any atom is -0.454 e. The first-order valence-corrected chi connectivity index (χ1v) is 5.78. The Morgan fingerprint density at radius 1 is 1.33 bits per heavy atom.